The van der Waals surface area contributed by atoms with Crippen LogP contribution >= 0.6 is 0 Å². The highest BCUT2D eigenvalue weighted by atomic mass is 16.5. The van der Waals surface area contributed by atoms with Gasteiger partial charge >= 0.3 is 12.1 Å². The summed E-state index contributed by atoms with van der Waals surface area (Å²) in [5.41, 5.74) is 4.47. The molecule has 3 rings (SSSR count). The lowest BCUT2D eigenvalue weighted by Crippen LogP contribution is -2.44. The van der Waals surface area contributed by atoms with Gasteiger partial charge in [0, 0.05) is 12.5 Å². The van der Waals surface area contributed by atoms with Crippen molar-refractivity contribution in [3.63, 3.8) is 0 Å². The van der Waals surface area contributed by atoms with E-state index in [4.69, 9.17) is 9.47 Å². The number of carbonyl (C=O) groups is 2. The van der Waals surface area contributed by atoms with E-state index in [1.165, 1.54) is 0 Å². The van der Waals surface area contributed by atoms with Gasteiger partial charge in [-0.25, -0.2) is 9.59 Å². The number of rotatable bonds is 9. The van der Waals surface area contributed by atoms with Gasteiger partial charge in [0.25, 0.3) is 0 Å². The van der Waals surface area contributed by atoms with Crippen molar-refractivity contribution in [1.82, 2.24) is 10.2 Å². The van der Waals surface area contributed by atoms with Gasteiger partial charge in [-0.05, 0) is 36.3 Å². The molecule has 0 bridgehead atoms. The van der Waals surface area contributed by atoms with Crippen LogP contribution in [0.4, 0.5) is 4.79 Å². The molecule has 1 aliphatic carbocycles. The molecule has 154 valence electrons. The second-order valence-electron chi connectivity index (χ2n) is 7.24. The number of aliphatic carboxylic acids is 1. The molecule has 0 aromatic heterocycles. The first kappa shape index (κ1) is 20.8. The number of amides is 1. The Hall–Kier alpha value is -2.90. The first-order chi connectivity index (χ1) is 14.0. The topological polar surface area (TPSA) is 88.1 Å². The molecule has 7 nitrogen and oxygen atoms in total. The fourth-order valence-corrected chi connectivity index (χ4v) is 3.41. The standard InChI is InChI=1S/C22H26N2O5/c1-24(2)11-12-28-14-20(21(25)26)23-22(27)29-13-19-17-9-5-3-7-15(17)16-8-4-6-10-18(16)19/h3-10,19-20H,11-14H2,1-2H3,(H,23,27)(H,25,26). The zero-order valence-corrected chi connectivity index (χ0v) is 16.6. The largest absolute Gasteiger partial charge is 0.480 e. The number of benzene rings is 2. The van der Waals surface area contributed by atoms with Gasteiger partial charge in [-0.2, -0.15) is 0 Å². The number of nitrogens with one attached hydrogen (secondary N) is 1. The summed E-state index contributed by atoms with van der Waals surface area (Å²) in [5, 5.41) is 11.7. The third-order valence-corrected chi connectivity index (χ3v) is 4.90. The molecule has 2 aromatic rings. The van der Waals surface area contributed by atoms with Gasteiger partial charge in [0.1, 0.15) is 6.61 Å². The number of carbonyl (C=O) groups excluding carboxylic acids is 1. The Bertz CT molecular complexity index is 822. The Morgan fingerprint density at radius 2 is 1.66 bits per heavy atom. The molecule has 0 saturated carbocycles. The molecule has 2 aromatic carbocycles. The van der Waals surface area contributed by atoms with Crippen molar-refractivity contribution in [2.75, 3.05) is 40.5 Å². The van der Waals surface area contributed by atoms with Gasteiger partial charge in [-0.15, -0.1) is 0 Å². The number of fused-ring (bicyclic) bond motifs is 3. The summed E-state index contributed by atoms with van der Waals surface area (Å²) in [6.45, 7) is 1.06. The molecular weight excluding hydrogens is 372 g/mol. The summed E-state index contributed by atoms with van der Waals surface area (Å²) in [6, 6.07) is 14.9. The molecule has 7 heteroatoms. The second kappa shape index (κ2) is 9.54. The molecule has 1 amide bonds. The molecule has 1 aliphatic rings. The van der Waals surface area contributed by atoms with Crippen LogP contribution in [0.2, 0.25) is 0 Å². The lowest BCUT2D eigenvalue weighted by Gasteiger charge is -2.18. The number of likely N-dealkylation sites (N-methyl/N-ethyl adjacent to an activating group) is 1. The zero-order valence-electron chi connectivity index (χ0n) is 16.6. The van der Waals surface area contributed by atoms with Crippen LogP contribution in [0, 0.1) is 0 Å². The molecular formula is C22H26N2O5. The van der Waals surface area contributed by atoms with Crippen LogP contribution in [0.15, 0.2) is 48.5 Å². The van der Waals surface area contributed by atoms with Gasteiger partial charge in [0.05, 0.1) is 13.2 Å². The highest BCUT2D eigenvalue weighted by molar-refractivity contribution is 5.81. The zero-order chi connectivity index (χ0) is 20.8. The van der Waals surface area contributed by atoms with Crippen molar-refractivity contribution in [2.24, 2.45) is 0 Å². The predicted molar refractivity (Wildman–Crippen MR) is 109 cm³/mol. The van der Waals surface area contributed by atoms with Crippen molar-refractivity contribution in [3.05, 3.63) is 59.7 Å². The average Bonchev–Trinajstić information content (AvgIpc) is 3.02. The molecule has 1 atom stereocenters. The number of hydrogen-bond donors (Lipinski definition) is 2. The third kappa shape index (κ3) is 5.13. The van der Waals surface area contributed by atoms with Crippen LogP contribution in [-0.4, -0.2) is 68.6 Å². The Balaban J connectivity index is 1.58. The minimum atomic E-state index is -1.16. The predicted octanol–water partition coefficient (Wildman–Crippen LogP) is 2.56. The van der Waals surface area contributed by atoms with E-state index in [1.54, 1.807) is 0 Å². The minimum Gasteiger partial charge on any atom is -0.480 e. The number of carboxylic acid groups (broad SMARTS) is 1. The van der Waals surface area contributed by atoms with Crippen LogP contribution in [0.3, 0.4) is 0 Å². The summed E-state index contributed by atoms with van der Waals surface area (Å²) in [5.74, 6) is -1.24. The quantitative estimate of drug-likeness (QED) is 0.631. The fraction of sp³-hybridized carbons (Fsp3) is 0.364. The number of ether oxygens (including phenoxy) is 2. The van der Waals surface area contributed by atoms with Crippen molar-refractivity contribution >= 4 is 12.1 Å². The van der Waals surface area contributed by atoms with Crippen molar-refractivity contribution < 1.29 is 24.2 Å². The van der Waals surface area contributed by atoms with Gasteiger partial charge in [-0.1, -0.05) is 48.5 Å². The second-order valence-corrected chi connectivity index (χ2v) is 7.24. The van der Waals surface area contributed by atoms with E-state index in [-0.39, 0.29) is 19.1 Å². The number of carboxylic acids is 1. The lowest BCUT2D eigenvalue weighted by molar-refractivity contribution is -0.141. The molecule has 0 saturated heterocycles. The van der Waals surface area contributed by atoms with Gasteiger partial charge < -0.3 is 24.8 Å². The summed E-state index contributed by atoms with van der Waals surface area (Å²) in [4.78, 5) is 25.5. The SMILES string of the molecule is CN(C)CCOCC(NC(=O)OCC1c2ccccc2-c2ccccc21)C(=O)O. The highest BCUT2D eigenvalue weighted by Crippen LogP contribution is 2.44. The Kier molecular flexibility index (Phi) is 6.85. The molecule has 29 heavy (non-hydrogen) atoms. The summed E-state index contributed by atoms with van der Waals surface area (Å²) < 4.78 is 10.7. The Morgan fingerprint density at radius 3 is 2.21 bits per heavy atom. The maximum atomic E-state index is 12.2. The maximum Gasteiger partial charge on any atom is 0.407 e. The maximum absolute atomic E-state index is 12.2. The van der Waals surface area contributed by atoms with E-state index in [1.807, 2.05) is 55.4 Å². The average molecular weight is 398 g/mol. The van der Waals surface area contributed by atoms with Crippen molar-refractivity contribution in [2.45, 2.75) is 12.0 Å². The van der Waals surface area contributed by atoms with Gasteiger partial charge in [-0.3, -0.25) is 0 Å². The fourth-order valence-electron chi connectivity index (χ4n) is 3.41. The Labute approximate surface area is 170 Å². The molecule has 0 aliphatic heterocycles. The molecule has 2 N–H and O–H groups in total. The summed E-state index contributed by atoms with van der Waals surface area (Å²) >= 11 is 0. The van der Waals surface area contributed by atoms with Gasteiger partial charge in [0.15, 0.2) is 6.04 Å². The molecule has 0 radical (unpaired) electrons. The summed E-state index contributed by atoms with van der Waals surface area (Å²) in [7, 11) is 3.79. The smallest absolute Gasteiger partial charge is 0.407 e. The third-order valence-electron chi connectivity index (χ3n) is 4.90. The van der Waals surface area contributed by atoms with E-state index in [2.05, 4.69) is 17.4 Å². The minimum absolute atomic E-state index is 0.0761. The van der Waals surface area contributed by atoms with E-state index in [0.29, 0.717) is 13.2 Å². The highest BCUT2D eigenvalue weighted by Gasteiger charge is 2.29. The normalized spacial score (nSPS) is 13.6. The van der Waals surface area contributed by atoms with E-state index in [9.17, 15) is 14.7 Å². The number of nitrogens with zero attached hydrogens (tertiary/aromatic N) is 1. The molecule has 0 heterocycles. The Morgan fingerprint density at radius 1 is 1.07 bits per heavy atom. The van der Waals surface area contributed by atoms with E-state index >= 15 is 0 Å². The van der Waals surface area contributed by atoms with E-state index < -0.39 is 18.1 Å². The first-order valence-corrected chi connectivity index (χ1v) is 9.54. The van der Waals surface area contributed by atoms with E-state index in [0.717, 1.165) is 22.3 Å². The van der Waals surface area contributed by atoms with Crippen molar-refractivity contribution in [3.8, 4) is 11.1 Å². The number of hydrogen-bond acceptors (Lipinski definition) is 5. The van der Waals surface area contributed by atoms with Crippen LogP contribution < -0.4 is 5.32 Å². The molecule has 0 spiro atoms. The molecule has 1 unspecified atom stereocenters. The summed E-state index contributed by atoms with van der Waals surface area (Å²) in [6.07, 6.45) is -0.768. The first-order valence-electron chi connectivity index (χ1n) is 9.54. The lowest BCUT2D eigenvalue weighted by atomic mass is 9.98. The van der Waals surface area contributed by atoms with Crippen LogP contribution in [0.1, 0.15) is 17.0 Å². The number of alkyl carbamates (subject to hydrolysis) is 1. The van der Waals surface area contributed by atoms with Crippen LogP contribution in [0.5, 0.6) is 0 Å². The molecule has 0 fully saturated rings. The van der Waals surface area contributed by atoms with Crippen LogP contribution in [0.25, 0.3) is 11.1 Å². The van der Waals surface area contributed by atoms with Crippen molar-refractivity contribution in [1.29, 1.82) is 0 Å². The van der Waals surface area contributed by atoms with Crippen LogP contribution in [-0.2, 0) is 14.3 Å². The van der Waals surface area contributed by atoms with Gasteiger partial charge in [0.2, 0.25) is 0 Å². The monoisotopic (exact) mass is 398 g/mol.